The second-order valence-electron chi connectivity index (χ2n) is 3.32. The highest BCUT2D eigenvalue weighted by Gasteiger charge is 1.97. The van der Waals surface area contributed by atoms with Crippen molar-refractivity contribution in [1.29, 1.82) is 0 Å². The van der Waals surface area contributed by atoms with E-state index in [-0.39, 0.29) is 5.82 Å². The van der Waals surface area contributed by atoms with Crippen molar-refractivity contribution in [3.63, 3.8) is 0 Å². The maximum Gasteiger partial charge on any atom is 0.141 e. The van der Waals surface area contributed by atoms with Gasteiger partial charge in [-0.05, 0) is 17.7 Å². The summed E-state index contributed by atoms with van der Waals surface area (Å²) in [7, 11) is 0. The van der Waals surface area contributed by atoms with Gasteiger partial charge in [0.15, 0.2) is 0 Å². The van der Waals surface area contributed by atoms with E-state index in [1.807, 2.05) is 6.07 Å². The molecule has 0 aliphatic heterocycles. The van der Waals surface area contributed by atoms with E-state index in [1.165, 1.54) is 18.6 Å². The van der Waals surface area contributed by atoms with Gasteiger partial charge in [0.2, 0.25) is 0 Å². The van der Waals surface area contributed by atoms with E-state index in [0.29, 0.717) is 13.1 Å². The van der Waals surface area contributed by atoms with Gasteiger partial charge in [-0.2, -0.15) is 0 Å². The summed E-state index contributed by atoms with van der Waals surface area (Å²) in [6.45, 7) is 1.19. The molecule has 0 bridgehead atoms. The number of hydrogen-bond acceptors (Lipinski definition) is 4. The lowest BCUT2D eigenvalue weighted by Crippen LogP contribution is -2.13. The molecule has 4 nitrogen and oxygen atoms in total. The van der Waals surface area contributed by atoms with Crippen LogP contribution in [0.2, 0.25) is 0 Å². The summed E-state index contributed by atoms with van der Waals surface area (Å²) in [6, 6.07) is 3.29. The zero-order chi connectivity index (χ0) is 11.2. The van der Waals surface area contributed by atoms with Crippen molar-refractivity contribution in [1.82, 2.24) is 20.3 Å². The molecule has 0 radical (unpaired) electrons. The fraction of sp³-hybridized carbons (Fsp3) is 0.182. The molecule has 0 amide bonds. The highest BCUT2D eigenvalue weighted by Crippen LogP contribution is 2.00. The van der Waals surface area contributed by atoms with Gasteiger partial charge < -0.3 is 5.32 Å². The molecule has 16 heavy (non-hydrogen) atoms. The number of pyridine rings is 1. The lowest BCUT2D eigenvalue weighted by atomic mass is 10.3. The Hall–Kier alpha value is -1.88. The van der Waals surface area contributed by atoms with Crippen molar-refractivity contribution < 1.29 is 4.39 Å². The van der Waals surface area contributed by atoms with Gasteiger partial charge in [0.1, 0.15) is 12.1 Å². The molecule has 0 saturated heterocycles. The zero-order valence-corrected chi connectivity index (χ0v) is 8.60. The molecule has 2 aromatic rings. The minimum absolute atomic E-state index is 0.318. The average molecular weight is 218 g/mol. The molecule has 0 fully saturated rings. The van der Waals surface area contributed by atoms with E-state index in [1.54, 1.807) is 12.4 Å². The largest absolute Gasteiger partial charge is 0.307 e. The van der Waals surface area contributed by atoms with Crippen molar-refractivity contribution in [2.45, 2.75) is 13.1 Å². The molecule has 0 aliphatic carbocycles. The van der Waals surface area contributed by atoms with Gasteiger partial charge in [-0.1, -0.05) is 0 Å². The van der Waals surface area contributed by atoms with Crippen molar-refractivity contribution >= 4 is 0 Å². The molecule has 1 N–H and O–H groups in total. The second-order valence-corrected chi connectivity index (χ2v) is 3.32. The van der Waals surface area contributed by atoms with Gasteiger partial charge in [0, 0.05) is 25.5 Å². The maximum absolute atomic E-state index is 12.8. The van der Waals surface area contributed by atoms with Crippen molar-refractivity contribution in [2.24, 2.45) is 0 Å². The van der Waals surface area contributed by atoms with Gasteiger partial charge in [0.25, 0.3) is 0 Å². The third kappa shape index (κ3) is 3.06. The SMILES string of the molecule is Fc1cncc(CNCc2ccncn2)c1. The number of nitrogens with zero attached hydrogens (tertiary/aromatic N) is 3. The molecule has 5 heteroatoms. The molecule has 2 heterocycles. The summed E-state index contributed by atoms with van der Waals surface area (Å²) >= 11 is 0. The summed E-state index contributed by atoms with van der Waals surface area (Å²) in [5, 5.41) is 3.15. The molecule has 2 rings (SSSR count). The highest BCUT2D eigenvalue weighted by atomic mass is 19.1. The lowest BCUT2D eigenvalue weighted by molar-refractivity contribution is 0.611. The summed E-state index contributed by atoms with van der Waals surface area (Å²) in [4.78, 5) is 11.7. The predicted octanol–water partition coefficient (Wildman–Crippen LogP) is 1.30. The number of hydrogen-bond donors (Lipinski definition) is 1. The van der Waals surface area contributed by atoms with Crippen LogP contribution in [0.4, 0.5) is 4.39 Å². The minimum Gasteiger partial charge on any atom is -0.307 e. The Labute approximate surface area is 92.6 Å². The van der Waals surface area contributed by atoms with E-state index in [2.05, 4.69) is 20.3 Å². The van der Waals surface area contributed by atoms with Crippen LogP contribution in [0.5, 0.6) is 0 Å². The molecule has 0 atom stereocenters. The van der Waals surface area contributed by atoms with Gasteiger partial charge in [-0.15, -0.1) is 0 Å². The van der Waals surface area contributed by atoms with Crippen LogP contribution in [0.15, 0.2) is 37.1 Å². The first kappa shape index (κ1) is 10.6. The lowest BCUT2D eigenvalue weighted by Gasteiger charge is -2.03. The fourth-order valence-corrected chi connectivity index (χ4v) is 1.31. The quantitative estimate of drug-likeness (QED) is 0.840. The third-order valence-electron chi connectivity index (χ3n) is 2.04. The van der Waals surface area contributed by atoms with Crippen LogP contribution in [-0.4, -0.2) is 15.0 Å². The zero-order valence-electron chi connectivity index (χ0n) is 8.60. The fourth-order valence-electron chi connectivity index (χ4n) is 1.31. The van der Waals surface area contributed by atoms with Crippen LogP contribution in [-0.2, 0) is 13.1 Å². The Morgan fingerprint density at radius 1 is 1.19 bits per heavy atom. The highest BCUT2D eigenvalue weighted by molar-refractivity contribution is 5.10. The van der Waals surface area contributed by atoms with Gasteiger partial charge >= 0.3 is 0 Å². The van der Waals surface area contributed by atoms with Crippen molar-refractivity contribution in [2.75, 3.05) is 0 Å². The number of rotatable bonds is 4. The van der Waals surface area contributed by atoms with Crippen molar-refractivity contribution in [3.05, 3.63) is 54.1 Å². The molecule has 2 aromatic heterocycles. The van der Waals surface area contributed by atoms with Crippen molar-refractivity contribution in [3.8, 4) is 0 Å². The summed E-state index contributed by atoms with van der Waals surface area (Å²) in [5.41, 5.74) is 1.72. The first-order chi connectivity index (χ1) is 7.84. The standard InChI is InChI=1S/C11H11FN4/c12-10-3-9(4-14-6-10)5-15-7-11-1-2-13-8-16-11/h1-4,6,8,15H,5,7H2. The van der Waals surface area contributed by atoms with Gasteiger partial charge in [-0.25, -0.2) is 14.4 Å². The van der Waals surface area contributed by atoms with Gasteiger partial charge in [-0.3, -0.25) is 4.98 Å². The Morgan fingerprint density at radius 2 is 2.12 bits per heavy atom. The second kappa shape index (κ2) is 5.27. The first-order valence-corrected chi connectivity index (χ1v) is 4.89. The Kier molecular flexibility index (Phi) is 3.50. The molecule has 0 aliphatic rings. The number of halogens is 1. The third-order valence-corrected chi connectivity index (χ3v) is 2.04. The Balaban J connectivity index is 1.85. The molecule has 0 unspecified atom stereocenters. The van der Waals surface area contributed by atoms with Crippen LogP contribution in [0.25, 0.3) is 0 Å². The Bertz CT molecular complexity index is 447. The minimum atomic E-state index is -0.318. The summed E-state index contributed by atoms with van der Waals surface area (Å²) < 4.78 is 12.8. The number of aromatic nitrogens is 3. The molecular formula is C11H11FN4. The summed E-state index contributed by atoms with van der Waals surface area (Å²) in [6.07, 6.45) is 6.01. The van der Waals surface area contributed by atoms with E-state index < -0.39 is 0 Å². The van der Waals surface area contributed by atoms with E-state index in [0.717, 1.165) is 11.3 Å². The van der Waals surface area contributed by atoms with Crippen LogP contribution >= 0.6 is 0 Å². The van der Waals surface area contributed by atoms with Gasteiger partial charge in [0.05, 0.1) is 11.9 Å². The molecule has 0 spiro atoms. The topological polar surface area (TPSA) is 50.7 Å². The molecule has 82 valence electrons. The molecular weight excluding hydrogens is 207 g/mol. The smallest absolute Gasteiger partial charge is 0.141 e. The van der Waals surface area contributed by atoms with Crippen LogP contribution < -0.4 is 5.32 Å². The summed E-state index contributed by atoms with van der Waals surface area (Å²) in [5.74, 6) is -0.318. The van der Waals surface area contributed by atoms with E-state index >= 15 is 0 Å². The van der Waals surface area contributed by atoms with E-state index in [9.17, 15) is 4.39 Å². The van der Waals surface area contributed by atoms with E-state index in [4.69, 9.17) is 0 Å². The first-order valence-electron chi connectivity index (χ1n) is 4.89. The maximum atomic E-state index is 12.8. The molecule has 0 aromatic carbocycles. The normalized spacial score (nSPS) is 10.3. The average Bonchev–Trinajstić information content (AvgIpc) is 2.30. The number of nitrogens with one attached hydrogen (secondary N) is 1. The monoisotopic (exact) mass is 218 g/mol. The Morgan fingerprint density at radius 3 is 2.88 bits per heavy atom. The van der Waals surface area contributed by atoms with Crippen LogP contribution in [0.3, 0.4) is 0 Å². The molecule has 0 saturated carbocycles. The predicted molar refractivity (Wildman–Crippen MR) is 56.8 cm³/mol. The van der Waals surface area contributed by atoms with Crippen LogP contribution in [0.1, 0.15) is 11.3 Å². The van der Waals surface area contributed by atoms with Crippen LogP contribution in [0, 0.1) is 5.82 Å².